The molecule has 0 amide bonds. The van der Waals surface area contributed by atoms with Crippen molar-refractivity contribution < 1.29 is 4.74 Å². The third kappa shape index (κ3) is 4.92. The van der Waals surface area contributed by atoms with Crippen molar-refractivity contribution in [2.75, 3.05) is 43.0 Å². The number of likely N-dealkylation sites (tertiary alicyclic amines) is 1. The molecule has 3 aliphatic heterocycles. The van der Waals surface area contributed by atoms with Crippen molar-refractivity contribution in [3.05, 3.63) is 70.6 Å². The van der Waals surface area contributed by atoms with Crippen LogP contribution in [0, 0.1) is 0 Å². The molecule has 1 unspecified atom stereocenters. The van der Waals surface area contributed by atoms with Crippen LogP contribution < -0.4 is 15.8 Å². The van der Waals surface area contributed by atoms with Gasteiger partial charge in [-0.25, -0.2) is 0 Å². The number of aromatic nitrogens is 1. The summed E-state index contributed by atoms with van der Waals surface area (Å²) in [6.07, 6.45) is 6.88. The molecule has 37 heavy (non-hydrogen) atoms. The number of aromatic amines is 1. The van der Waals surface area contributed by atoms with Crippen LogP contribution in [0.3, 0.4) is 0 Å². The van der Waals surface area contributed by atoms with Gasteiger partial charge in [-0.2, -0.15) is 0 Å². The largest absolute Gasteiger partial charge is 0.382 e. The van der Waals surface area contributed by atoms with Crippen molar-refractivity contribution in [1.82, 2.24) is 9.88 Å². The Morgan fingerprint density at radius 3 is 2.65 bits per heavy atom. The Labute approximate surface area is 226 Å². The summed E-state index contributed by atoms with van der Waals surface area (Å²) in [4.78, 5) is 25.2. The van der Waals surface area contributed by atoms with Gasteiger partial charge in [0.1, 0.15) is 11.8 Å². The second-order valence-corrected chi connectivity index (χ2v) is 12.6. The third-order valence-corrected chi connectivity index (χ3v) is 10.5. The van der Waals surface area contributed by atoms with E-state index in [0.29, 0.717) is 24.9 Å². The lowest BCUT2D eigenvalue weighted by Gasteiger charge is -2.35. The number of H-pyrrole nitrogens is 1. The Bertz CT molecular complexity index is 1350. The third-order valence-electron chi connectivity index (χ3n) is 7.90. The number of hydrogen-bond acceptors (Lipinski definition) is 7. The van der Waals surface area contributed by atoms with Crippen molar-refractivity contribution in [1.29, 1.82) is 0 Å². The Hall–Kier alpha value is -2.39. The maximum Gasteiger partial charge on any atom is 0.271 e. The SMILES string of the molecule is O=c1[nH]cccc1N1CCOC(c2cccc3c2Sc2ccc(NC4CCN(C5CC5)CC4)cc2S3)C1. The summed E-state index contributed by atoms with van der Waals surface area (Å²) in [6.45, 7) is 4.45. The van der Waals surface area contributed by atoms with Crippen LogP contribution in [0.1, 0.15) is 37.4 Å². The molecular formula is C29H32N4O2S2. The number of nitrogens with one attached hydrogen (secondary N) is 2. The van der Waals surface area contributed by atoms with Crippen molar-refractivity contribution in [3.8, 4) is 0 Å². The molecular weight excluding hydrogens is 500 g/mol. The summed E-state index contributed by atoms with van der Waals surface area (Å²) in [5.41, 5.74) is 3.11. The van der Waals surface area contributed by atoms with Gasteiger partial charge in [0, 0.05) is 69.7 Å². The van der Waals surface area contributed by atoms with E-state index in [9.17, 15) is 4.79 Å². The lowest BCUT2D eigenvalue weighted by Crippen LogP contribution is -2.41. The molecule has 1 atom stereocenters. The Morgan fingerprint density at radius 2 is 1.81 bits per heavy atom. The van der Waals surface area contributed by atoms with Crippen LogP contribution in [0.5, 0.6) is 0 Å². The average molecular weight is 533 g/mol. The number of benzene rings is 2. The molecule has 0 radical (unpaired) electrons. The van der Waals surface area contributed by atoms with E-state index < -0.39 is 0 Å². The van der Waals surface area contributed by atoms with Crippen LogP contribution in [0.25, 0.3) is 0 Å². The van der Waals surface area contributed by atoms with Gasteiger partial charge in [-0.05, 0) is 67.6 Å². The number of fused-ring (bicyclic) bond motifs is 2. The molecule has 0 spiro atoms. The van der Waals surface area contributed by atoms with E-state index in [1.54, 1.807) is 6.20 Å². The van der Waals surface area contributed by atoms with E-state index in [2.05, 4.69) is 56.5 Å². The quantitative estimate of drug-likeness (QED) is 0.347. The van der Waals surface area contributed by atoms with E-state index in [4.69, 9.17) is 4.74 Å². The van der Waals surface area contributed by atoms with Gasteiger partial charge in [0.2, 0.25) is 0 Å². The number of ether oxygens (including phenoxy) is 1. The van der Waals surface area contributed by atoms with E-state index in [1.165, 1.54) is 69.6 Å². The predicted octanol–water partition coefficient (Wildman–Crippen LogP) is 5.61. The number of hydrogen-bond donors (Lipinski definition) is 2. The molecule has 8 heteroatoms. The van der Waals surface area contributed by atoms with Gasteiger partial charge in [-0.3, -0.25) is 4.79 Å². The second-order valence-electron chi connectivity index (χ2n) is 10.4. The molecule has 3 aromatic rings. The van der Waals surface area contributed by atoms with Gasteiger partial charge in [0.25, 0.3) is 5.56 Å². The van der Waals surface area contributed by atoms with Gasteiger partial charge in [-0.1, -0.05) is 35.7 Å². The van der Waals surface area contributed by atoms with E-state index in [0.717, 1.165) is 12.6 Å². The van der Waals surface area contributed by atoms with Crippen LogP contribution in [-0.2, 0) is 4.74 Å². The van der Waals surface area contributed by atoms with Gasteiger partial charge in [0.05, 0.1) is 6.61 Å². The zero-order chi connectivity index (χ0) is 24.8. The molecule has 0 bridgehead atoms. The smallest absolute Gasteiger partial charge is 0.271 e. The molecule has 4 heterocycles. The molecule has 3 fully saturated rings. The number of pyridine rings is 1. The molecule has 4 aliphatic rings. The van der Waals surface area contributed by atoms with Gasteiger partial charge < -0.3 is 24.8 Å². The first kappa shape index (κ1) is 23.7. The zero-order valence-corrected chi connectivity index (χ0v) is 22.5. The monoisotopic (exact) mass is 532 g/mol. The number of rotatable bonds is 5. The van der Waals surface area contributed by atoms with Gasteiger partial charge in [-0.15, -0.1) is 0 Å². The van der Waals surface area contributed by atoms with Gasteiger partial charge >= 0.3 is 0 Å². The van der Waals surface area contributed by atoms with Crippen molar-refractivity contribution >= 4 is 34.9 Å². The highest BCUT2D eigenvalue weighted by atomic mass is 32.2. The standard InChI is InChI=1S/C29H32N4O2S2/c34-29-23(4-2-12-30-29)33-15-16-35-24(18-33)22-3-1-5-26-28(22)37-25-9-6-20(17-27(25)36-26)31-19-10-13-32(14-11-19)21-7-8-21/h1-6,9,12,17,19,21,24,31H,7-8,10-11,13-16,18H2,(H,30,34). The molecule has 6 nitrogen and oxygen atoms in total. The van der Waals surface area contributed by atoms with Gasteiger partial charge in [0.15, 0.2) is 0 Å². The lowest BCUT2D eigenvalue weighted by molar-refractivity contribution is 0.0378. The highest BCUT2D eigenvalue weighted by Crippen LogP contribution is 2.52. The molecule has 2 saturated heterocycles. The highest BCUT2D eigenvalue weighted by molar-refractivity contribution is 8.05. The minimum absolute atomic E-state index is 0.0463. The Kier molecular flexibility index (Phi) is 6.44. The number of piperidine rings is 1. The van der Waals surface area contributed by atoms with Crippen LogP contribution in [0.15, 0.2) is 79.1 Å². The maximum atomic E-state index is 12.4. The van der Waals surface area contributed by atoms with Crippen LogP contribution in [0.4, 0.5) is 11.4 Å². The first-order valence-corrected chi connectivity index (χ1v) is 15.0. The Balaban J connectivity index is 1.07. The van der Waals surface area contributed by atoms with Crippen LogP contribution >= 0.6 is 23.5 Å². The zero-order valence-electron chi connectivity index (χ0n) is 20.8. The first-order valence-electron chi connectivity index (χ1n) is 13.4. The van der Waals surface area contributed by atoms with E-state index >= 15 is 0 Å². The molecule has 1 saturated carbocycles. The van der Waals surface area contributed by atoms with E-state index in [-0.39, 0.29) is 11.7 Å². The summed E-state index contributed by atoms with van der Waals surface area (Å²) >= 11 is 3.70. The molecule has 1 aromatic heterocycles. The second kappa shape index (κ2) is 10.1. The summed E-state index contributed by atoms with van der Waals surface area (Å²) in [5.74, 6) is 0. The normalized spacial score (nSPS) is 22.4. The molecule has 2 aromatic carbocycles. The van der Waals surface area contributed by atoms with Crippen LogP contribution in [-0.4, -0.2) is 54.8 Å². The first-order chi connectivity index (χ1) is 18.2. The van der Waals surface area contributed by atoms with E-state index in [1.807, 2.05) is 35.7 Å². The fourth-order valence-electron chi connectivity index (χ4n) is 5.77. The molecule has 2 N–H and O–H groups in total. The summed E-state index contributed by atoms with van der Waals surface area (Å²) in [5, 5.41) is 3.82. The number of nitrogens with zero attached hydrogens (tertiary/aromatic N) is 2. The minimum Gasteiger partial charge on any atom is -0.382 e. The fraction of sp³-hybridized carbons (Fsp3) is 0.414. The number of morpholine rings is 1. The van der Waals surface area contributed by atoms with Crippen molar-refractivity contribution in [2.24, 2.45) is 0 Å². The van der Waals surface area contributed by atoms with Crippen molar-refractivity contribution in [2.45, 2.75) is 63.5 Å². The molecule has 192 valence electrons. The average Bonchev–Trinajstić information content (AvgIpc) is 3.78. The predicted molar refractivity (Wildman–Crippen MR) is 150 cm³/mol. The minimum atomic E-state index is -0.0691. The summed E-state index contributed by atoms with van der Waals surface area (Å²) < 4.78 is 6.25. The molecule has 1 aliphatic carbocycles. The highest BCUT2D eigenvalue weighted by Gasteiger charge is 2.32. The fourth-order valence-corrected chi connectivity index (χ4v) is 8.22. The molecule has 7 rings (SSSR count). The topological polar surface area (TPSA) is 60.6 Å². The summed E-state index contributed by atoms with van der Waals surface area (Å²) in [6, 6.07) is 18.6. The maximum absolute atomic E-state index is 12.4. The number of anilines is 2. The lowest BCUT2D eigenvalue weighted by atomic mass is 10.0. The Morgan fingerprint density at radius 1 is 0.919 bits per heavy atom. The van der Waals surface area contributed by atoms with Crippen molar-refractivity contribution in [3.63, 3.8) is 0 Å². The summed E-state index contributed by atoms with van der Waals surface area (Å²) in [7, 11) is 0. The van der Waals surface area contributed by atoms with Crippen LogP contribution in [0.2, 0.25) is 0 Å².